The first kappa shape index (κ1) is 24.3. The number of aliphatic hydroxyl groups excluding tert-OH is 2. The number of nitrogens with zero attached hydrogens (tertiary/aromatic N) is 2. The van der Waals surface area contributed by atoms with Crippen LogP contribution in [0.1, 0.15) is 22.1 Å². The van der Waals surface area contributed by atoms with Crippen molar-refractivity contribution in [1.82, 2.24) is 14.3 Å². The zero-order chi connectivity index (χ0) is 24.3. The quantitative estimate of drug-likeness (QED) is 0.268. The van der Waals surface area contributed by atoms with Gasteiger partial charge in [0, 0.05) is 11.8 Å². The van der Waals surface area contributed by atoms with E-state index >= 15 is 0 Å². The van der Waals surface area contributed by atoms with Crippen LogP contribution in [0.2, 0.25) is 0 Å². The van der Waals surface area contributed by atoms with E-state index in [1.807, 2.05) is 0 Å². The van der Waals surface area contributed by atoms with Gasteiger partial charge in [-0.25, -0.2) is 9.52 Å². The molecule has 33 heavy (non-hydrogen) atoms. The summed E-state index contributed by atoms with van der Waals surface area (Å²) in [5, 5.41) is 29.3. The van der Waals surface area contributed by atoms with Gasteiger partial charge in [-0.15, -0.1) is 0 Å². The molecule has 178 valence electrons. The molecule has 0 bridgehead atoms. The molecule has 15 heteroatoms. The summed E-state index contributed by atoms with van der Waals surface area (Å²) in [6.45, 7) is -0.814. The molecule has 14 nitrogen and oxygen atoms in total. The van der Waals surface area contributed by atoms with Crippen LogP contribution in [0.15, 0.2) is 41.3 Å². The number of hydrogen-bond donors (Lipinski definition) is 5. The highest BCUT2D eigenvalue weighted by atomic mass is 32.2. The van der Waals surface area contributed by atoms with Crippen molar-refractivity contribution in [3.63, 3.8) is 0 Å². The number of anilines is 1. The molecule has 2 heterocycles. The van der Waals surface area contributed by atoms with Crippen molar-refractivity contribution in [3.8, 4) is 0 Å². The normalized spacial score (nSPS) is 22.7. The van der Waals surface area contributed by atoms with Gasteiger partial charge >= 0.3 is 22.0 Å². The van der Waals surface area contributed by atoms with E-state index in [2.05, 4.69) is 9.17 Å². The molecule has 3 rings (SSSR count). The van der Waals surface area contributed by atoms with E-state index in [1.54, 1.807) is 4.72 Å². The van der Waals surface area contributed by atoms with Crippen LogP contribution in [0.3, 0.4) is 0 Å². The van der Waals surface area contributed by atoms with Gasteiger partial charge in [-0.2, -0.15) is 13.4 Å². The number of aliphatic hydroxyl groups is 2. The number of aliphatic carboxylic acids is 1. The Morgan fingerprint density at radius 1 is 1.21 bits per heavy atom. The second-order valence-electron chi connectivity index (χ2n) is 6.99. The third-order valence-electron chi connectivity index (χ3n) is 4.67. The van der Waals surface area contributed by atoms with Gasteiger partial charge < -0.3 is 25.8 Å². The Labute approximate surface area is 186 Å². The molecule has 6 N–H and O–H groups in total. The summed E-state index contributed by atoms with van der Waals surface area (Å²) in [5.74, 6) is -2.42. The first-order valence-corrected chi connectivity index (χ1v) is 10.8. The number of rotatable bonds is 8. The zero-order valence-electron chi connectivity index (χ0n) is 16.8. The Morgan fingerprint density at radius 2 is 1.91 bits per heavy atom. The lowest BCUT2D eigenvalue weighted by Crippen LogP contribution is -2.38. The molecule has 0 spiro atoms. The van der Waals surface area contributed by atoms with Crippen molar-refractivity contribution in [2.75, 3.05) is 12.3 Å². The van der Waals surface area contributed by atoms with Crippen LogP contribution in [0.5, 0.6) is 0 Å². The van der Waals surface area contributed by atoms with Gasteiger partial charge in [-0.3, -0.25) is 18.3 Å². The molecule has 0 unspecified atom stereocenters. The molecule has 4 atom stereocenters. The largest absolute Gasteiger partial charge is 0.481 e. The van der Waals surface area contributed by atoms with Crippen LogP contribution in [-0.4, -0.2) is 70.1 Å². The topological polar surface area (TPSA) is 220 Å². The van der Waals surface area contributed by atoms with Crippen molar-refractivity contribution in [3.05, 3.63) is 58.1 Å². The standard InChI is InChI=1S/C18H20N4O10S/c19-12-5-6-22(18(28)20-12)17-15(26)14(25)11(32-17)8-31-33(29,30)21-16(27)10-4-2-1-3-9(10)7-13(23)24/h1-6,11,14-15,17,25-26H,7-8H2,(H,21,27)(H,23,24)(H2,19,20,28)/t11-,14-,15-,17-/m1/s1. The number of amides is 1. The van der Waals surface area contributed by atoms with Crippen LogP contribution in [0, 0.1) is 0 Å². The zero-order valence-corrected chi connectivity index (χ0v) is 17.6. The first-order chi connectivity index (χ1) is 15.5. The van der Waals surface area contributed by atoms with Gasteiger partial charge in [0.15, 0.2) is 6.23 Å². The molecule has 1 aromatic heterocycles. The summed E-state index contributed by atoms with van der Waals surface area (Å²) in [7, 11) is -4.72. The number of carbonyl (C=O) groups excluding carboxylic acids is 1. The van der Waals surface area contributed by atoms with Crippen LogP contribution < -0.4 is 16.1 Å². The van der Waals surface area contributed by atoms with Gasteiger partial charge in [0.1, 0.15) is 24.1 Å². The van der Waals surface area contributed by atoms with Gasteiger partial charge in [-0.1, -0.05) is 18.2 Å². The maximum absolute atomic E-state index is 12.3. The second-order valence-corrected chi connectivity index (χ2v) is 8.33. The highest BCUT2D eigenvalue weighted by Crippen LogP contribution is 2.28. The van der Waals surface area contributed by atoms with E-state index in [0.29, 0.717) is 0 Å². The van der Waals surface area contributed by atoms with Crippen molar-refractivity contribution in [1.29, 1.82) is 0 Å². The fraction of sp³-hybridized carbons (Fsp3) is 0.333. The predicted octanol–water partition coefficient (Wildman–Crippen LogP) is -2.24. The molecule has 2 aromatic rings. The highest BCUT2D eigenvalue weighted by molar-refractivity contribution is 7.85. The monoisotopic (exact) mass is 484 g/mol. The maximum Gasteiger partial charge on any atom is 0.362 e. The van der Waals surface area contributed by atoms with Crippen LogP contribution in [0.4, 0.5) is 5.82 Å². The van der Waals surface area contributed by atoms with Gasteiger partial charge in [-0.05, 0) is 17.7 Å². The second kappa shape index (κ2) is 9.63. The minimum absolute atomic E-state index is 0.0732. The number of ether oxygens (including phenoxy) is 1. The van der Waals surface area contributed by atoms with E-state index in [1.165, 1.54) is 36.5 Å². The Morgan fingerprint density at radius 3 is 2.58 bits per heavy atom. The smallest absolute Gasteiger partial charge is 0.362 e. The summed E-state index contributed by atoms with van der Waals surface area (Å²) in [6.07, 6.45) is -5.37. The fourth-order valence-electron chi connectivity index (χ4n) is 3.13. The summed E-state index contributed by atoms with van der Waals surface area (Å²) in [6, 6.07) is 6.77. The molecule has 0 aliphatic carbocycles. The molecule has 1 aliphatic rings. The number of carbonyl (C=O) groups is 2. The maximum atomic E-state index is 12.3. The Bertz CT molecular complexity index is 1210. The summed E-state index contributed by atoms with van der Waals surface area (Å²) in [5.41, 5.74) is 4.43. The lowest BCUT2D eigenvalue weighted by molar-refractivity contribution is -0.136. The lowest BCUT2D eigenvalue weighted by atomic mass is 10.0. The summed E-state index contributed by atoms with van der Waals surface area (Å²) >= 11 is 0. The Kier molecular flexibility index (Phi) is 7.09. The fourth-order valence-corrected chi connectivity index (χ4v) is 3.84. The minimum atomic E-state index is -4.72. The third-order valence-corrected chi connectivity index (χ3v) is 5.55. The molecule has 1 fully saturated rings. The van der Waals surface area contributed by atoms with Crippen LogP contribution in [-0.2, 0) is 30.4 Å². The molecule has 1 aromatic carbocycles. The van der Waals surface area contributed by atoms with Crippen molar-refractivity contribution in [2.45, 2.75) is 31.0 Å². The number of nitrogens with one attached hydrogen (secondary N) is 1. The average molecular weight is 484 g/mol. The number of nitrogen functional groups attached to an aromatic ring is 1. The number of aromatic nitrogens is 2. The van der Waals surface area contributed by atoms with E-state index in [0.717, 1.165) is 4.57 Å². The molecule has 0 radical (unpaired) electrons. The third kappa shape index (κ3) is 5.71. The molecular formula is C18H20N4O10S. The highest BCUT2D eigenvalue weighted by Gasteiger charge is 2.45. The van der Waals surface area contributed by atoms with E-state index in [9.17, 15) is 33.0 Å². The summed E-state index contributed by atoms with van der Waals surface area (Å²) in [4.78, 5) is 38.7. The molecule has 1 saturated heterocycles. The number of carboxylic acids is 1. The number of benzene rings is 1. The Hall–Kier alpha value is -3.37. The van der Waals surface area contributed by atoms with Crippen molar-refractivity contribution >= 4 is 28.0 Å². The van der Waals surface area contributed by atoms with E-state index in [-0.39, 0.29) is 16.9 Å². The molecule has 0 saturated carbocycles. The average Bonchev–Trinajstić information content (AvgIpc) is 3.00. The minimum Gasteiger partial charge on any atom is -0.481 e. The first-order valence-electron chi connectivity index (χ1n) is 9.36. The SMILES string of the molecule is Nc1ccn([C@@H]2O[C@H](COS(=O)(=O)NC(=O)c3ccccc3CC(=O)O)[C@@H](O)[C@H]2O)c(=O)n1. The van der Waals surface area contributed by atoms with Crippen molar-refractivity contribution < 1.29 is 42.2 Å². The van der Waals surface area contributed by atoms with E-state index < -0.39 is 65.4 Å². The number of hydrogen-bond acceptors (Lipinski definition) is 11. The number of carboxylic acid groups (broad SMARTS) is 1. The summed E-state index contributed by atoms with van der Waals surface area (Å²) < 4.78 is 36.9. The van der Waals surface area contributed by atoms with Gasteiger partial charge in [0.2, 0.25) is 0 Å². The lowest BCUT2D eigenvalue weighted by Gasteiger charge is -2.17. The van der Waals surface area contributed by atoms with Gasteiger partial charge in [0.25, 0.3) is 5.91 Å². The van der Waals surface area contributed by atoms with Crippen LogP contribution in [0.25, 0.3) is 0 Å². The van der Waals surface area contributed by atoms with Crippen LogP contribution >= 0.6 is 0 Å². The van der Waals surface area contributed by atoms with E-state index in [4.69, 9.17) is 15.6 Å². The van der Waals surface area contributed by atoms with Gasteiger partial charge in [0.05, 0.1) is 13.0 Å². The predicted molar refractivity (Wildman–Crippen MR) is 109 cm³/mol. The Balaban J connectivity index is 1.66. The molecular weight excluding hydrogens is 464 g/mol. The number of nitrogens with two attached hydrogens (primary N) is 1. The van der Waals surface area contributed by atoms with Crippen molar-refractivity contribution in [2.24, 2.45) is 0 Å². The molecule has 1 amide bonds. The molecule has 1 aliphatic heterocycles.